The highest BCUT2D eigenvalue weighted by molar-refractivity contribution is 9.10. The third-order valence-corrected chi connectivity index (χ3v) is 8.06. The predicted molar refractivity (Wildman–Crippen MR) is 145 cm³/mol. The molecule has 0 aliphatic heterocycles. The fraction of sp³-hybridized carbons (Fsp3) is 0.321. The molecule has 3 aromatic carbocycles. The number of halogens is 1. The molecule has 0 bridgehead atoms. The third-order valence-electron chi connectivity index (χ3n) is 5.68. The van der Waals surface area contributed by atoms with E-state index in [9.17, 15) is 13.2 Å². The van der Waals surface area contributed by atoms with Gasteiger partial charge in [0.05, 0.1) is 21.7 Å². The van der Waals surface area contributed by atoms with E-state index in [-0.39, 0.29) is 23.3 Å². The zero-order chi connectivity index (χ0) is 25.6. The second kappa shape index (κ2) is 11.4. The lowest BCUT2D eigenvalue weighted by atomic mass is 9.87. The van der Waals surface area contributed by atoms with Crippen LogP contribution in [-0.4, -0.2) is 20.9 Å². The molecule has 0 N–H and O–H groups in total. The number of aryl methyl sites for hydroxylation is 1. The number of carbonyl (C=O) groups excluding carboxylic acids is 1. The first-order valence-corrected chi connectivity index (χ1v) is 13.9. The number of carbonyl (C=O) groups is 1. The van der Waals surface area contributed by atoms with E-state index in [1.54, 1.807) is 30.3 Å². The van der Waals surface area contributed by atoms with E-state index < -0.39 is 15.9 Å². The van der Waals surface area contributed by atoms with Crippen molar-refractivity contribution in [1.82, 2.24) is 0 Å². The zero-order valence-electron chi connectivity index (χ0n) is 20.6. The van der Waals surface area contributed by atoms with Crippen LogP contribution in [0.15, 0.2) is 82.2 Å². The highest BCUT2D eigenvalue weighted by Gasteiger charge is 2.30. The van der Waals surface area contributed by atoms with E-state index in [1.165, 1.54) is 17.7 Å². The van der Waals surface area contributed by atoms with Crippen LogP contribution < -0.4 is 9.04 Å². The molecule has 0 aliphatic rings. The van der Waals surface area contributed by atoms with Crippen LogP contribution in [0.2, 0.25) is 0 Å². The number of nitrogens with zero attached hydrogens (tertiary/aromatic N) is 1. The lowest BCUT2D eigenvalue weighted by Gasteiger charge is -2.23. The average Bonchev–Trinajstić information content (AvgIpc) is 2.83. The first kappa shape index (κ1) is 27.0. The molecular formula is C28H32BrNO4S. The molecule has 0 aliphatic carbocycles. The van der Waals surface area contributed by atoms with E-state index >= 15 is 0 Å². The molecule has 0 heterocycles. The van der Waals surface area contributed by atoms with Crippen molar-refractivity contribution in [2.24, 2.45) is 0 Å². The number of rotatable bonds is 9. The van der Waals surface area contributed by atoms with Gasteiger partial charge in [0.15, 0.2) is 0 Å². The van der Waals surface area contributed by atoms with Crippen molar-refractivity contribution in [3.05, 3.63) is 88.4 Å². The number of benzene rings is 3. The molecule has 1 amide bonds. The Morgan fingerprint density at radius 3 is 2.20 bits per heavy atom. The smallest absolute Gasteiger partial charge is 0.270 e. The van der Waals surface area contributed by atoms with Gasteiger partial charge in [-0.3, -0.25) is 4.79 Å². The molecule has 0 radical (unpaired) electrons. The number of amides is 1. The van der Waals surface area contributed by atoms with Crippen molar-refractivity contribution in [1.29, 1.82) is 0 Å². The summed E-state index contributed by atoms with van der Waals surface area (Å²) in [6.07, 6.45) is 1.22. The highest BCUT2D eigenvalue weighted by atomic mass is 79.9. The number of sulfonamides is 1. The van der Waals surface area contributed by atoms with Crippen molar-refractivity contribution in [3.8, 4) is 5.75 Å². The summed E-state index contributed by atoms with van der Waals surface area (Å²) in [7, 11) is -4.05. The van der Waals surface area contributed by atoms with E-state index in [4.69, 9.17) is 4.74 Å². The number of hydrogen-bond acceptors (Lipinski definition) is 4. The minimum absolute atomic E-state index is 0.0243. The first-order chi connectivity index (χ1) is 16.5. The van der Waals surface area contributed by atoms with E-state index in [2.05, 4.69) is 36.7 Å². The summed E-state index contributed by atoms with van der Waals surface area (Å²) >= 11 is 3.56. The molecule has 0 fully saturated rings. The number of anilines is 1. The van der Waals surface area contributed by atoms with Gasteiger partial charge in [0.25, 0.3) is 10.0 Å². The molecule has 0 aromatic heterocycles. The Hall–Kier alpha value is -2.64. The fourth-order valence-electron chi connectivity index (χ4n) is 3.57. The lowest BCUT2D eigenvalue weighted by Crippen LogP contribution is -2.37. The Kier molecular flexibility index (Phi) is 8.78. The van der Waals surface area contributed by atoms with Crippen LogP contribution >= 0.6 is 15.9 Å². The second-order valence-corrected chi connectivity index (χ2v) is 12.0. The van der Waals surface area contributed by atoms with Gasteiger partial charge in [-0.25, -0.2) is 12.7 Å². The van der Waals surface area contributed by atoms with Crippen LogP contribution in [0.4, 0.5) is 5.69 Å². The third kappa shape index (κ3) is 6.73. The Morgan fingerprint density at radius 1 is 0.971 bits per heavy atom. The molecule has 0 unspecified atom stereocenters. The largest absolute Gasteiger partial charge is 0.492 e. The molecule has 7 heteroatoms. The molecule has 3 rings (SSSR count). The summed E-state index contributed by atoms with van der Waals surface area (Å²) in [5.74, 6) is 0.193. The maximum absolute atomic E-state index is 13.4. The Balaban J connectivity index is 1.74. The molecule has 0 spiro atoms. The molecule has 5 nitrogen and oxygen atoms in total. The number of hydrogen-bond donors (Lipinski definition) is 0. The molecule has 0 saturated heterocycles. The van der Waals surface area contributed by atoms with Crippen molar-refractivity contribution in [2.45, 2.75) is 57.3 Å². The quantitative estimate of drug-likeness (QED) is 0.268. The van der Waals surface area contributed by atoms with E-state index in [0.29, 0.717) is 17.9 Å². The predicted octanol–water partition coefficient (Wildman–Crippen LogP) is 6.89. The van der Waals surface area contributed by atoms with E-state index in [0.717, 1.165) is 20.8 Å². The SMILES string of the molecule is CCc1ccc(N(C(=O)CCCOc2ccc(C(C)(C)C)cc2Br)S(=O)(=O)c2ccccc2)cc1. The molecule has 3 aromatic rings. The molecule has 35 heavy (non-hydrogen) atoms. The van der Waals surface area contributed by atoms with Crippen molar-refractivity contribution >= 4 is 37.5 Å². The molecular weight excluding hydrogens is 526 g/mol. The monoisotopic (exact) mass is 557 g/mol. The standard InChI is InChI=1S/C28H32BrNO4S/c1-5-21-13-16-23(17-14-21)30(35(32,33)24-10-7-6-8-11-24)27(31)12-9-19-34-26-18-15-22(20-25(26)29)28(2,3)4/h6-8,10-11,13-18,20H,5,9,12,19H2,1-4H3. The Bertz CT molecular complexity index is 1250. The average molecular weight is 559 g/mol. The summed E-state index contributed by atoms with van der Waals surface area (Å²) in [6.45, 7) is 8.74. The van der Waals surface area contributed by atoms with Crippen LogP contribution in [0, 0.1) is 0 Å². The van der Waals surface area contributed by atoms with Gasteiger partial charge in [-0.15, -0.1) is 0 Å². The van der Waals surface area contributed by atoms with Crippen LogP contribution in [-0.2, 0) is 26.7 Å². The normalized spacial score (nSPS) is 11.8. The van der Waals surface area contributed by atoms with Gasteiger partial charge in [0.1, 0.15) is 5.75 Å². The Morgan fingerprint density at radius 2 is 1.63 bits per heavy atom. The molecule has 0 atom stereocenters. The molecule has 0 saturated carbocycles. The fourth-order valence-corrected chi connectivity index (χ4v) is 5.54. The van der Waals surface area contributed by atoms with Crippen LogP contribution in [0.25, 0.3) is 0 Å². The van der Waals surface area contributed by atoms with Gasteiger partial charge in [0, 0.05) is 6.42 Å². The summed E-state index contributed by atoms with van der Waals surface area (Å²) in [6, 6.07) is 21.1. The van der Waals surface area contributed by atoms with Crippen LogP contribution in [0.1, 0.15) is 51.7 Å². The van der Waals surface area contributed by atoms with Gasteiger partial charge in [-0.2, -0.15) is 0 Å². The summed E-state index contributed by atoms with van der Waals surface area (Å²) in [5, 5.41) is 0. The number of ether oxygens (including phenoxy) is 1. The summed E-state index contributed by atoms with van der Waals surface area (Å²) in [4.78, 5) is 13.3. The van der Waals surface area contributed by atoms with Gasteiger partial charge >= 0.3 is 0 Å². The van der Waals surface area contributed by atoms with Crippen LogP contribution in [0.3, 0.4) is 0 Å². The Labute approximate surface area is 217 Å². The van der Waals surface area contributed by atoms with Crippen molar-refractivity contribution in [3.63, 3.8) is 0 Å². The van der Waals surface area contributed by atoms with Gasteiger partial charge in [0.2, 0.25) is 5.91 Å². The topological polar surface area (TPSA) is 63.7 Å². The van der Waals surface area contributed by atoms with Gasteiger partial charge in [-0.05, 0) is 81.7 Å². The first-order valence-electron chi connectivity index (χ1n) is 11.7. The minimum atomic E-state index is -4.05. The van der Waals surface area contributed by atoms with Crippen molar-refractivity contribution < 1.29 is 17.9 Å². The highest BCUT2D eigenvalue weighted by Crippen LogP contribution is 2.32. The maximum Gasteiger partial charge on any atom is 0.270 e. The maximum atomic E-state index is 13.4. The summed E-state index contributed by atoms with van der Waals surface area (Å²) in [5.41, 5.74) is 2.60. The van der Waals surface area contributed by atoms with Crippen molar-refractivity contribution in [2.75, 3.05) is 10.9 Å². The van der Waals surface area contributed by atoms with Crippen LogP contribution in [0.5, 0.6) is 5.75 Å². The lowest BCUT2D eigenvalue weighted by molar-refractivity contribution is -0.117. The molecule has 186 valence electrons. The van der Waals surface area contributed by atoms with Gasteiger partial charge < -0.3 is 4.74 Å². The minimum Gasteiger partial charge on any atom is -0.492 e. The zero-order valence-corrected chi connectivity index (χ0v) is 23.0. The van der Waals surface area contributed by atoms with E-state index in [1.807, 2.05) is 37.3 Å². The second-order valence-electron chi connectivity index (χ2n) is 9.34. The summed E-state index contributed by atoms with van der Waals surface area (Å²) < 4.78 is 34.5. The van der Waals surface area contributed by atoms with Gasteiger partial charge in [-0.1, -0.05) is 64.1 Å².